The van der Waals surface area contributed by atoms with Gasteiger partial charge >= 0.3 is 0 Å². The molecule has 0 aliphatic rings. The number of ketones is 2. The van der Waals surface area contributed by atoms with Crippen molar-refractivity contribution in [3.63, 3.8) is 0 Å². The molecule has 0 spiro atoms. The molecule has 0 saturated heterocycles. The largest absolute Gasteiger partial charge is 0.291 e. The van der Waals surface area contributed by atoms with Crippen LogP contribution in [0.1, 0.15) is 116 Å². The van der Waals surface area contributed by atoms with Gasteiger partial charge in [-0.25, -0.2) is 0 Å². The number of carbonyl (C=O) groups excluding carboxylic acids is 2. The van der Waals surface area contributed by atoms with E-state index in [9.17, 15) is 9.59 Å². The molecule has 0 saturated carbocycles. The topological polar surface area (TPSA) is 34.1 Å². The van der Waals surface area contributed by atoms with Gasteiger partial charge in [0.05, 0.1) is 0 Å². The van der Waals surface area contributed by atoms with Gasteiger partial charge in [0.25, 0.3) is 0 Å². The van der Waals surface area contributed by atoms with E-state index in [1.807, 2.05) is 0 Å². The highest BCUT2D eigenvalue weighted by Gasteiger charge is 2.11. The van der Waals surface area contributed by atoms with Crippen molar-refractivity contribution in [1.82, 2.24) is 0 Å². The van der Waals surface area contributed by atoms with Crippen molar-refractivity contribution in [2.24, 2.45) is 0 Å². The Bertz CT molecular complexity index is 284. The summed E-state index contributed by atoms with van der Waals surface area (Å²) >= 11 is 0. The second kappa shape index (κ2) is 17.7. The van der Waals surface area contributed by atoms with Gasteiger partial charge in [-0.05, 0) is 12.8 Å². The number of hydrogen-bond donors (Lipinski definition) is 0. The molecule has 0 bridgehead atoms. The van der Waals surface area contributed by atoms with Crippen LogP contribution in [-0.2, 0) is 9.59 Å². The average molecular weight is 324 g/mol. The van der Waals surface area contributed by atoms with Gasteiger partial charge in [-0.15, -0.1) is 0 Å². The van der Waals surface area contributed by atoms with Crippen LogP contribution in [0.5, 0.6) is 0 Å². The maximum Gasteiger partial charge on any atom is 0.198 e. The maximum absolute atomic E-state index is 11.5. The van der Waals surface area contributed by atoms with Gasteiger partial charge < -0.3 is 0 Å². The Hall–Kier alpha value is -0.660. The lowest BCUT2D eigenvalue weighted by Crippen LogP contribution is -2.12. The van der Waals surface area contributed by atoms with E-state index in [0.717, 1.165) is 12.8 Å². The van der Waals surface area contributed by atoms with Crippen LogP contribution in [0.25, 0.3) is 0 Å². The summed E-state index contributed by atoms with van der Waals surface area (Å²) in [6.07, 6.45) is 19.6. The Morgan fingerprint density at radius 3 is 1.30 bits per heavy atom. The molecular formula is C21H39O2. The Labute approximate surface area is 144 Å². The Kier molecular flexibility index (Phi) is 17.2. The van der Waals surface area contributed by atoms with Crippen molar-refractivity contribution in [2.45, 2.75) is 116 Å². The smallest absolute Gasteiger partial charge is 0.198 e. The number of unbranched alkanes of at least 4 members (excludes halogenated alkanes) is 13. The second-order valence-electron chi connectivity index (χ2n) is 6.80. The quantitative estimate of drug-likeness (QED) is 0.210. The summed E-state index contributed by atoms with van der Waals surface area (Å²) in [5, 5.41) is 0. The van der Waals surface area contributed by atoms with Gasteiger partial charge in [-0.1, -0.05) is 97.3 Å². The van der Waals surface area contributed by atoms with Crippen LogP contribution in [0.3, 0.4) is 0 Å². The molecule has 0 amide bonds. The molecule has 2 heteroatoms. The summed E-state index contributed by atoms with van der Waals surface area (Å²) in [6.45, 7) is 5.87. The minimum atomic E-state index is -0.227. The van der Waals surface area contributed by atoms with Crippen LogP contribution < -0.4 is 0 Å². The van der Waals surface area contributed by atoms with Crippen LogP contribution in [-0.4, -0.2) is 11.6 Å². The molecule has 0 aliphatic carbocycles. The molecule has 1 radical (unpaired) electrons. The average Bonchev–Trinajstić information content (AvgIpc) is 2.55. The molecule has 23 heavy (non-hydrogen) atoms. The highest BCUT2D eigenvalue weighted by atomic mass is 16.2. The lowest BCUT2D eigenvalue weighted by Gasteiger charge is -2.03. The van der Waals surface area contributed by atoms with Crippen LogP contribution in [0, 0.1) is 6.92 Å². The van der Waals surface area contributed by atoms with E-state index >= 15 is 0 Å². The SMILES string of the molecule is [CH2]CCC(=O)C(=O)CCCCCCCCCCCCCCCC. The Balaban J connectivity index is 3.16. The second-order valence-corrected chi connectivity index (χ2v) is 6.80. The van der Waals surface area contributed by atoms with E-state index in [-0.39, 0.29) is 11.6 Å². The molecule has 0 aromatic heterocycles. The van der Waals surface area contributed by atoms with Gasteiger partial charge in [-0.3, -0.25) is 9.59 Å². The summed E-state index contributed by atoms with van der Waals surface area (Å²) in [5.41, 5.74) is 0. The fraction of sp³-hybridized carbons (Fsp3) is 0.857. The number of rotatable bonds is 18. The predicted octanol–water partition coefficient (Wildman–Crippen LogP) is 6.61. The van der Waals surface area contributed by atoms with Gasteiger partial charge in [0.2, 0.25) is 0 Å². The minimum Gasteiger partial charge on any atom is -0.291 e. The molecule has 0 aromatic carbocycles. The molecule has 0 aromatic rings. The van der Waals surface area contributed by atoms with Crippen molar-refractivity contribution < 1.29 is 9.59 Å². The molecule has 0 aliphatic heterocycles. The summed E-state index contributed by atoms with van der Waals surface area (Å²) in [4.78, 5) is 22.8. The first kappa shape index (κ1) is 22.3. The van der Waals surface area contributed by atoms with Crippen LogP contribution >= 0.6 is 0 Å². The van der Waals surface area contributed by atoms with Crippen LogP contribution in [0.4, 0.5) is 0 Å². The summed E-state index contributed by atoms with van der Waals surface area (Å²) in [5.74, 6) is -0.415. The number of Topliss-reactive ketones (excluding diaryl/α,β-unsaturated/α-hetero) is 2. The molecule has 0 heterocycles. The third-order valence-electron chi connectivity index (χ3n) is 4.47. The fourth-order valence-electron chi connectivity index (χ4n) is 2.92. The molecule has 0 unspecified atom stereocenters. The van der Waals surface area contributed by atoms with Crippen molar-refractivity contribution in [3.8, 4) is 0 Å². The van der Waals surface area contributed by atoms with Crippen molar-refractivity contribution in [1.29, 1.82) is 0 Å². The molecule has 0 atom stereocenters. The summed E-state index contributed by atoms with van der Waals surface area (Å²) < 4.78 is 0. The van der Waals surface area contributed by atoms with Crippen molar-refractivity contribution >= 4 is 11.6 Å². The minimum absolute atomic E-state index is 0.187. The lowest BCUT2D eigenvalue weighted by atomic mass is 10.0. The summed E-state index contributed by atoms with van der Waals surface area (Å²) in [7, 11) is 0. The molecule has 2 nitrogen and oxygen atoms in total. The van der Waals surface area contributed by atoms with Gasteiger partial charge in [0.1, 0.15) is 0 Å². The van der Waals surface area contributed by atoms with Gasteiger partial charge in [0, 0.05) is 12.8 Å². The Morgan fingerprint density at radius 2 is 0.913 bits per heavy atom. The normalized spacial score (nSPS) is 10.9. The highest BCUT2D eigenvalue weighted by Crippen LogP contribution is 2.13. The van der Waals surface area contributed by atoms with Crippen LogP contribution in [0.15, 0.2) is 0 Å². The molecule has 0 rings (SSSR count). The first-order chi connectivity index (χ1) is 11.2. The monoisotopic (exact) mass is 323 g/mol. The van der Waals surface area contributed by atoms with E-state index in [1.165, 1.54) is 77.0 Å². The third-order valence-corrected chi connectivity index (χ3v) is 4.47. The van der Waals surface area contributed by atoms with Crippen molar-refractivity contribution in [3.05, 3.63) is 6.92 Å². The maximum atomic E-state index is 11.5. The van der Waals surface area contributed by atoms with Gasteiger partial charge in [-0.2, -0.15) is 0 Å². The molecule has 0 fully saturated rings. The standard InChI is InChI=1S/C21H39O2/c1-3-5-6-7-8-9-10-11-12-13-14-15-16-17-19-21(23)20(22)18-4-2/h2-19H2,1H3. The molecular weight excluding hydrogens is 284 g/mol. The highest BCUT2D eigenvalue weighted by molar-refractivity contribution is 6.37. The van der Waals surface area contributed by atoms with E-state index in [2.05, 4.69) is 13.8 Å². The fourth-order valence-corrected chi connectivity index (χ4v) is 2.92. The third kappa shape index (κ3) is 16.0. The summed E-state index contributed by atoms with van der Waals surface area (Å²) in [6, 6.07) is 0. The zero-order valence-electron chi connectivity index (χ0n) is 15.5. The first-order valence-electron chi connectivity index (χ1n) is 10.1. The van der Waals surface area contributed by atoms with E-state index in [1.54, 1.807) is 0 Å². The van der Waals surface area contributed by atoms with E-state index in [0.29, 0.717) is 19.3 Å². The number of hydrogen-bond acceptors (Lipinski definition) is 2. The predicted molar refractivity (Wildman–Crippen MR) is 99.5 cm³/mol. The van der Waals surface area contributed by atoms with Gasteiger partial charge in [0.15, 0.2) is 11.6 Å². The van der Waals surface area contributed by atoms with E-state index in [4.69, 9.17) is 0 Å². The van der Waals surface area contributed by atoms with E-state index < -0.39 is 0 Å². The van der Waals surface area contributed by atoms with Crippen molar-refractivity contribution in [2.75, 3.05) is 0 Å². The molecule has 0 N–H and O–H groups in total. The first-order valence-corrected chi connectivity index (χ1v) is 10.1. The lowest BCUT2D eigenvalue weighted by molar-refractivity contribution is -0.136. The number of carbonyl (C=O) groups is 2. The molecule has 135 valence electrons. The zero-order chi connectivity index (χ0) is 17.2. The zero-order valence-corrected chi connectivity index (χ0v) is 15.5. The Morgan fingerprint density at radius 1 is 0.565 bits per heavy atom. The van der Waals surface area contributed by atoms with Crippen LogP contribution in [0.2, 0.25) is 0 Å².